The number of amides is 1. The molecule has 1 atom stereocenters. The highest BCUT2D eigenvalue weighted by Crippen LogP contribution is 2.36. The molecule has 5 rings (SSSR count). The molecule has 7 nitrogen and oxygen atoms in total. The highest BCUT2D eigenvalue weighted by Gasteiger charge is 2.40. The van der Waals surface area contributed by atoms with E-state index in [0.29, 0.717) is 22.2 Å². The number of anilines is 1. The lowest BCUT2D eigenvalue weighted by molar-refractivity contribution is -0.129. The summed E-state index contributed by atoms with van der Waals surface area (Å²) in [6.45, 7) is 3.46. The van der Waals surface area contributed by atoms with E-state index in [1.54, 1.807) is 37.3 Å². The van der Waals surface area contributed by atoms with Crippen molar-refractivity contribution in [3.63, 3.8) is 0 Å². The lowest BCUT2D eigenvalue weighted by Crippen LogP contribution is -2.58. The Morgan fingerprint density at radius 3 is 2.69 bits per heavy atom. The molecule has 3 heterocycles. The van der Waals surface area contributed by atoms with Gasteiger partial charge in [0.2, 0.25) is 11.9 Å². The largest absolute Gasteiger partial charge is 0.346 e. The van der Waals surface area contributed by atoms with Gasteiger partial charge in [-0.1, -0.05) is 23.7 Å². The summed E-state index contributed by atoms with van der Waals surface area (Å²) < 4.78 is 18.0. The molecule has 3 aromatic rings. The third kappa shape index (κ3) is 3.21. The van der Waals surface area contributed by atoms with Crippen LogP contribution in [0.1, 0.15) is 31.7 Å². The second-order valence-corrected chi connectivity index (χ2v) is 9.08. The van der Waals surface area contributed by atoms with E-state index in [2.05, 4.69) is 10.2 Å². The Hall–Kier alpha value is -3.13. The maximum atomic E-state index is 16.2. The third-order valence-electron chi connectivity index (χ3n) is 6.41. The summed E-state index contributed by atoms with van der Waals surface area (Å²) in [5.74, 6) is -0.0571. The minimum atomic E-state index is -1.04. The number of guanidine groups is 1. The first-order valence-electron chi connectivity index (χ1n) is 10.6. The topological polar surface area (TPSA) is 77.2 Å². The summed E-state index contributed by atoms with van der Waals surface area (Å²) in [4.78, 5) is 20.6. The van der Waals surface area contributed by atoms with E-state index in [1.165, 1.54) is 11.9 Å². The standard InChI is InChI=1S/C23H24ClFN6O/c1-23(13-19(32)29(2)21(26)28-23)15-6-5-7-17(20(15)25)31-18-12-14(24)8-9-16(18)27-22(31)30-10-3-4-11-30/h5-9,12H,3-4,10-11,13H2,1-2H3,(H2,26,28)/t23-/m0/s1. The van der Waals surface area contributed by atoms with Gasteiger partial charge in [0.25, 0.3) is 0 Å². The summed E-state index contributed by atoms with van der Waals surface area (Å²) >= 11 is 6.28. The molecule has 9 heteroatoms. The van der Waals surface area contributed by atoms with E-state index < -0.39 is 11.4 Å². The number of nitrogens with zero attached hydrogens (tertiary/aromatic N) is 4. The molecular formula is C23H24ClFN6O. The van der Waals surface area contributed by atoms with Gasteiger partial charge in [-0.15, -0.1) is 0 Å². The molecule has 32 heavy (non-hydrogen) atoms. The van der Waals surface area contributed by atoms with Crippen molar-refractivity contribution in [1.29, 1.82) is 5.41 Å². The van der Waals surface area contributed by atoms with Crippen molar-refractivity contribution >= 4 is 40.4 Å². The molecule has 0 unspecified atom stereocenters. The highest BCUT2D eigenvalue weighted by molar-refractivity contribution is 6.31. The summed E-state index contributed by atoms with van der Waals surface area (Å²) in [5.41, 5.74) is 1.10. The number of rotatable bonds is 3. The van der Waals surface area contributed by atoms with Crippen molar-refractivity contribution in [2.24, 2.45) is 0 Å². The van der Waals surface area contributed by atoms with Gasteiger partial charge >= 0.3 is 0 Å². The monoisotopic (exact) mass is 454 g/mol. The molecule has 166 valence electrons. The predicted octanol–water partition coefficient (Wildman–Crippen LogP) is 4.02. The molecule has 2 saturated heterocycles. The average Bonchev–Trinajstić information content (AvgIpc) is 3.40. The van der Waals surface area contributed by atoms with E-state index >= 15 is 4.39 Å². The molecule has 1 aromatic heterocycles. The van der Waals surface area contributed by atoms with Gasteiger partial charge in [0.15, 0.2) is 11.8 Å². The van der Waals surface area contributed by atoms with Crippen molar-refractivity contribution in [2.75, 3.05) is 25.0 Å². The normalized spacial score (nSPS) is 21.5. The van der Waals surface area contributed by atoms with Gasteiger partial charge in [0, 0.05) is 30.7 Å². The molecule has 1 amide bonds. The molecule has 2 aliphatic rings. The Kier molecular flexibility index (Phi) is 4.85. The van der Waals surface area contributed by atoms with E-state index in [9.17, 15) is 4.79 Å². The van der Waals surface area contributed by atoms with Gasteiger partial charge in [0.1, 0.15) is 0 Å². The fraction of sp³-hybridized carbons (Fsp3) is 0.348. The molecule has 0 bridgehead atoms. The minimum Gasteiger partial charge on any atom is -0.346 e. The Bertz CT molecular complexity index is 1230. The van der Waals surface area contributed by atoms with Gasteiger partial charge in [-0.2, -0.15) is 0 Å². The third-order valence-corrected chi connectivity index (χ3v) is 6.65. The number of halogens is 2. The van der Waals surface area contributed by atoms with Crippen molar-refractivity contribution < 1.29 is 9.18 Å². The van der Waals surface area contributed by atoms with E-state index in [4.69, 9.17) is 22.0 Å². The van der Waals surface area contributed by atoms with Crippen molar-refractivity contribution in [3.8, 4) is 5.69 Å². The fourth-order valence-electron chi connectivity index (χ4n) is 4.62. The second-order valence-electron chi connectivity index (χ2n) is 8.65. The summed E-state index contributed by atoms with van der Waals surface area (Å²) in [5, 5.41) is 11.7. The van der Waals surface area contributed by atoms with Crippen LogP contribution in [0, 0.1) is 11.2 Å². The fourth-order valence-corrected chi connectivity index (χ4v) is 4.79. The molecule has 2 fully saturated rings. The number of benzene rings is 2. The summed E-state index contributed by atoms with van der Waals surface area (Å²) in [6.07, 6.45) is 2.17. The summed E-state index contributed by atoms with van der Waals surface area (Å²) in [6, 6.07) is 10.6. The Morgan fingerprint density at radius 1 is 1.22 bits per heavy atom. The molecule has 2 aliphatic heterocycles. The zero-order valence-electron chi connectivity index (χ0n) is 18.0. The van der Waals surface area contributed by atoms with Crippen LogP contribution in [0.15, 0.2) is 36.4 Å². The van der Waals surface area contributed by atoms with Crippen molar-refractivity contribution in [2.45, 2.75) is 31.7 Å². The number of imidazole rings is 1. The zero-order chi connectivity index (χ0) is 22.6. The van der Waals surface area contributed by atoms with Gasteiger partial charge in [-0.05, 0) is 44.0 Å². The highest BCUT2D eigenvalue weighted by atomic mass is 35.5. The SMILES string of the molecule is CN1C(=N)N[C@](C)(c2cccc(-n3c(N4CCCC4)nc4ccc(Cl)cc43)c2F)CC1=O. The number of aromatic nitrogens is 2. The average molecular weight is 455 g/mol. The van der Waals surface area contributed by atoms with Crippen LogP contribution in [0.4, 0.5) is 10.3 Å². The maximum absolute atomic E-state index is 16.2. The Morgan fingerprint density at radius 2 is 1.97 bits per heavy atom. The number of nitrogens with one attached hydrogen (secondary N) is 2. The second kappa shape index (κ2) is 7.48. The first kappa shape index (κ1) is 20.8. The zero-order valence-corrected chi connectivity index (χ0v) is 18.7. The smallest absolute Gasteiger partial charge is 0.231 e. The number of carbonyl (C=O) groups is 1. The maximum Gasteiger partial charge on any atom is 0.231 e. The predicted molar refractivity (Wildman–Crippen MR) is 123 cm³/mol. The van der Waals surface area contributed by atoms with Gasteiger partial charge in [0.05, 0.1) is 28.7 Å². The van der Waals surface area contributed by atoms with Crippen LogP contribution in [0.25, 0.3) is 16.7 Å². The van der Waals surface area contributed by atoms with Gasteiger partial charge < -0.3 is 10.2 Å². The van der Waals surface area contributed by atoms with Crippen LogP contribution in [0.3, 0.4) is 0 Å². The number of hydrogen-bond donors (Lipinski definition) is 2. The van der Waals surface area contributed by atoms with Crippen molar-refractivity contribution in [3.05, 3.63) is 52.8 Å². The molecular weight excluding hydrogens is 431 g/mol. The number of hydrogen-bond acceptors (Lipinski definition) is 4. The number of carbonyl (C=O) groups excluding carboxylic acids is 1. The van der Waals surface area contributed by atoms with Crippen LogP contribution in [0.2, 0.25) is 5.02 Å². The molecule has 0 spiro atoms. The lowest BCUT2D eigenvalue weighted by Gasteiger charge is -2.39. The van der Waals surface area contributed by atoms with Crippen LogP contribution in [-0.4, -0.2) is 46.5 Å². The van der Waals surface area contributed by atoms with E-state index in [0.717, 1.165) is 37.0 Å². The first-order chi connectivity index (χ1) is 15.3. The van der Waals surface area contributed by atoms with Gasteiger partial charge in [-0.25, -0.2) is 9.37 Å². The molecule has 0 radical (unpaired) electrons. The Balaban J connectivity index is 1.70. The number of fused-ring (bicyclic) bond motifs is 1. The van der Waals surface area contributed by atoms with Gasteiger partial charge in [-0.3, -0.25) is 19.7 Å². The molecule has 2 N–H and O–H groups in total. The lowest BCUT2D eigenvalue weighted by atomic mass is 9.86. The quantitative estimate of drug-likeness (QED) is 0.626. The van der Waals surface area contributed by atoms with E-state index in [-0.39, 0.29) is 18.3 Å². The first-order valence-corrected chi connectivity index (χ1v) is 11.0. The van der Waals surface area contributed by atoms with Crippen molar-refractivity contribution in [1.82, 2.24) is 19.8 Å². The Labute approximate surface area is 190 Å². The minimum absolute atomic E-state index is 0.0434. The van der Waals surface area contributed by atoms with Crippen LogP contribution in [0.5, 0.6) is 0 Å². The van der Waals surface area contributed by atoms with Crippen LogP contribution < -0.4 is 10.2 Å². The molecule has 2 aromatic carbocycles. The molecule has 0 saturated carbocycles. The van der Waals surface area contributed by atoms with Crippen LogP contribution >= 0.6 is 11.6 Å². The van der Waals surface area contributed by atoms with E-state index in [1.807, 2.05) is 10.6 Å². The summed E-state index contributed by atoms with van der Waals surface area (Å²) in [7, 11) is 1.54. The van der Waals surface area contributed by atoms with Crippen LogP contribution in [-0.2, 0) is 10.3 Å². The molecule has 0 aliphatic carbocycles.